The highest BCUT2D eigenvalue weighted by Gasteiger charge is 2.41. The van der Waals surface area contributed by atoms with Gasteiger partial charge in [0.15, 0.2) is 0 Å². The van der Waals surface area contributed by atoms with Crippen LogP contribution < -0.4 is 16.0 Å². The molecule has 0 atom stereocenters. The van der Waals surface area contributed by atoms with Crippen molar-refractivity contribution >= 4 is 11.8 Å². The van der Waals surface area contributed by atoms with Crippen molar-refractivity contribution in [1.29, 1.82) is 0 Å². The third kappa shape index (κ3) is 3.77. The molecule has 0 aliphatic carbocycles. The fraction of sp³-hybridized carbons (Fsp3) is 0.421. The second-order valence-electron chi connectivity index (χ2n) is 6.52. The van der Waals surface area contributed by atoms with E-state index in [9.17, 15) is 9.59 Å². The number of carbonyl (C=O) groups is 2. The van der Waals surface area contributed by atoms with E-state index < -0.39 is 5.54 Å². The number of rotatable bonds is 6. The first-order chi connectivity index (χ1) is 12.7. The smallest absolute Gasteiger partial charge is 0.251 e. The van der Waals surface area contributed by atoms with E-state index in [1.807, 2.05) is 30.5 Å². The molecule has 1 aromatic carbocycles. The molecule has 3 N–H and O–H groups in total. The van der Waals surface area contributed by atoms with Gasteiger partial charge >= 0.3 is 0 Å². The molecule has 1 saturated heterocycles. The number of benzene rings is 1. The topological polar surface area (TPSA) is 88.1 Å². The summed E-state index contributed by atoms with van der Waals surface area (Å²) >= 11 is 0. The minimum atomic E-state index is -0.626. The lowest BCUT2D eigenvalue weighted by atomic mass is 9.87. The summed E-state index contributed by atoms with van der Waals surface area (Å²) in [5.74, 6) is -0.103. The number of amides is 2. The van der Waals surface area contributed by atoms with Crippen molar-refractivity contribution in [2.24, 2.45) is 0 Å². The van der Waals surface area contributed by atoms with E-state index in [0.717, 1.165) is 18.7 Å². The van der Waals surface area contributed by atoms with E-state index in [2.05, 4.69) is 21.0 Å². The van der Waals surface area contributed by atoms with Gasteiger partial charge in [0.1, 0.15) is 5.54 Å². The van der Waals surface area contributed by atoms with Crippen LogP contribution in [0.4, 0.5) is 0 Å². The largest absolute Gasteiger partial charge is 0.355 e. The highest BCUT2D eigenvalue weighted by Crippen LogP contribution is 2.27. The van der Waals surface area contributed by atoms with Crippen molar-refractivity contribution in [2.45, 2.75) is 24.8 Å². The van der Waals surface area contributed by atoms with Crippen LogP contribution in [0, 0.1) is 0 Å². The molecule has 2 aromatic rings. The lowest BCUT2D eigenvalue weighted by molar-refractivity contribution is -0.131. The molecule has 3 rings (SSSR count). The summed E-state index contributed by atoms with van der Waals surface area (Å²) in [6, 6.07) is 9.31. The lowest BCUT2D eigenvalue weighted by Crippen LogP contribution is -2.54. The van der Waals surface area contributed by atoms with E-state index >= 15 is 0 Å². The highest BCUT2D eigenvalue weighted by atomic mass is 16.2. The van der Waals surface area contributed by atoms with Crippen molar-refractivity contribution in [3.8, 4) is 0 Å². The van der Waals surface area contributed by atoms with Gasteiger partial charge in [0.05, 0.1) is 0 Å². The molecule has 0 unspecified atom stereocenters. The summed E-state index contributed by atoms with van der Waals surface area (Å²) in [6.07, 6.45) is 5.67. The summed E-state index contributed by atoms with van der Waals surface area (Å²) in [7, 11) is 1.61. The second-order valence-corrected chi connectivity index (χ2v) is 6.52. The van der Waals surface area contributed by atoms with E-state index in [0.29, 0.717) is 31.4 Å². The van der Waals surface area contributed by atoms with Crippen LogP contribution in [-0.4, -0.2) is 48.3 Å². The Kier molecular flexibility index (Phi) is 5.68. The molecule has 0 radical (unpaired) electrons. The van der Waals surface area contributed by atoms with Crippen molar-refractivity contribution in [3.63, 3.8) is 0 Å². The quantitative estimate of drug-likeness (QED) is 0.711. The summed E-state index contributed by atoms with van der Waals surface area (Å²) in [5.41, 5.74) is 1.02. The standard InChI is InChI=1S/C19H25N5O2/c1-20-17(25)16-5-2-4-15(14-16)6-10-22-18(26)19(7-11-21-12-8-19)24-13-3-9-23-24/h2-5,9,13-14,21H,6-8,10-12H2,1H3,(H,20,25)(H,22,26). The third-order valence-corrected chi connectivity index (χ3v) is 4.91. The summed E-state index contributed by atoms with van der Waals surface area (Å²) in [6.45, 7) is 2.11. The van der Waals surface area contributed by atoms with Crippen LogP contribution in [0.15, 0.2) is 42.7 Å². The van der Waals surface area contributed by atoms with Crippen LogP contribution in [-0.2, 0) is 16.8 Å². The van der Waals surface area contributed by atoms with Crippen molar-refractivity contribution in [3.05, 3.63) is 53.9 Å². The molecule has 2 heterocycles. The maximum Gasteiger partial charge on any atom is 0.251 e. The Balaban J connectivity index is 1.63. The maximum absolute atomic E-state index is 13.0. The first-order valence-corrected chi connectivity index (χ1v) is 8.96. The minimum Gasteiger partial charge on any atom is -0.355 e. The number of piperidine rings is 1. The normalized spacial score (nSPS) is 16.0. The Bertz CT molecular complexity index is 751. The van der Waals surface area contributed by atoms with Crippen molar-refractivity contribution in [1.82, 2.24) is 25.7 Å². The average Bonchev–Trinajstić information content (AvgIpc) is 3.23. The zero-order valence-corrected chi connectivity index (χ0v) is 15.0. The molecular formula is C19H25N5O2. The van der Waals surface area contributed by atoms with Gasteiger partial charge in [-0.05, 0) is 56.1 Å². The molecule has 1 aliphatic heterocycles. The monoisotopic (exact) mass is 355 g/mol. The Labute approximate surface area is 153 Å². The Morgan fingerprint density at radius 2 is 2.08 bits per heavy atom. The van der Waals surface area contributed by atoms with Crippen LogP contribution in [0.5, 0.6) is 0 Å². The first-order valence-electron chi connectivity index (χ1n) is 8.96. The molecule has 2 amide bonds. The molecule has 0 saturated carbocycles. The molecule has 0 spiro atoms. The van der Waals surface area contributed by atoms with E-state index in [4.69, 9.17) is 0 Å². The molecule has 1 fully saturated rings. The highest BCUT2D eigenvalue weighted by molar-refractivity contribution is 5.94. The Hall–Kier alpha value is -2.67. The lowest BCUT2D eigenvalue weighted by Gasteiger charge is -2.36. The zero-order valence-electron chi connectivity index (χ0n) is 15.0. The minimum absolute atomic E-state index is 0.00477. The van der Waals surface area contributed by atoms with Crippen LogP contribution >= 0.6 is 0 Å². The van der Waals surface area contributed by atoms with Crippen LogP contribution in [0.1, 0.15) is 28.8 Å². The van der Waals surface area contributed by atoms with Gasteiger partial charge in [0, 0.05) is 31.5 Å². The first kappa shape index (κ1) is 18.1. The fourth-order valence-electron chi connectivity index (χ4n) is 3.42. The van der Waals surface area contributed by atoms with Crippen LogP contribution in [0.2, 0.25) is 0 Å². The number of aromatic nitrogens is 2. The number of hydrogen-bond donors (Lipinski definition) is 3. The van der Waals surface area contributed by atoms with Gasteiger partial charge < -0.3 is 16.0 Å². The van der Waals surface area contributed by atoms with E-state index in [1.54, 1.807) is 24.0 Å². The van der Waals surface area contributed by atoms with Crippen LogP contribution in [0.3, 0.4) is 0 Å². The molecule has 7 heteroatoms. The van der Waals surface area contributed by atoms with Gasteiger partial charge in [-0.3, -0.25) is 14.3 Å². The zero-order chi connectivity index (χ0) is 18.4. The Morgan fingerprint density at radius 3 is 2.77 bits per heavy atom. The number of nitrogens with zero attached hydrogens (tertiary/aromatic N) is 2. The fourth-order valence-corrected chi connectivity index (χ4v) is 3.42. The van der Waals surface area contributed by atoms with Crippen LogP contribution in [0.25, 0.3) is 0 Å². The molecule has 26 heavy (non-hydrogen) atoms. The van der Waals surface area contributed by atoms with Gasteiger partial charge in [-0.25, -0.2) is 0 Å². The molecule has 1 aromatic heterocycles. The second kappa shape index (κ2) is 8.14. The molecule has 0 bridgehead atoms. The molecule has 138 valence electrons. The number of hydrogen-bond acceptors (Lipinski definition) is 4. The van der Waals surface area contributed by atoms with Crippen molar-refractivity contribution in [2.75, 3.05) is 26.7 Å². The van der Waals surface area contributed by atoms with Gasteiger partial charge in [-0.1, -0.05) is 12.1 Å². The molecule has 7 nitrogen and oxygen atoms in total. The average molecular weight is 355 g/mol. The van der Waals surface area contributed by atoms with Gasteiger partial charge in [-0.15, -0.1) is 0 Å². The third-order valence-electron chi connectivity index (χ3n) is 4.91. The van der Waals surface area contributed by atoms with Gasteiger partial charge in [-0.2, -0.15) is 5.10 Å². The summed E-state index contributed by atoms with van der Waals surface area (Å²) in [4.78, 5) is 24.7. The van der Waals surface area contributed by atoms with Crippen molar-refractivity contribution < 1.29 is 9.59 Å². The SMILES string of the molecule is CNC(=O)c1cccc(CCNC(=O)C2(n3cccn3)CCNCC2)c1. The molecule has 1 aliphatic rings. The number of carbonyl (C=O) groups excluding carboxylic acids is 2. The summed E-state index contributed by atoms with van der Waals surface area (Å²) in [5, 5.41) is 13.3. The van der Waals surface area contributed by atoms with Gasteiger partial charge in [0.2, 0.25) is 5.91 Å². The summed E-state index contributed by atoms with van der Waals surface area (Å²) < 4.78 is 1.79. The molecular weight excluding hydrogens is 330 g/mol. The maximum atomic E-state index is 13.0. The Morgan fingerprint density at radius 1 is 1.27 bits per heavy atom. The predicted octanol–water partition coefficient (Wildman–Crippen LogP) is 0.680. The number of nitrogens with one attached hydrogen (secondary N) is 3. The van der Waals surface area contributed by atoms with E-state index in [-0.39, 0.29) is 11.8 Å². The van der Waals surface area contributed by atoms with E-state index in [1.165, 1.54) is 0 Å². The predicted molar refractivity (Wildman–Crippen MR) is 98.9 cm³/mol. The van der Waals surface area contributed by atoms with Gasteiger partial charge in [0.25, 0.3) is 5.91 Å².